The van der Waals surface area contributed by atoms with E-state index >= 15 is 0 Å². The summed E-state index contributed by atoms with van der Waals surface area (Å²) in [5, 5.41) is 2.92. The van der Waals surface area contributed by atoms with Crippen molar-refractivity contribution in [1.29, 1.82) is 0 Å². The second-order valence-electron chi connectivity index (χ2n) is 6.90. The molecular weight excluding hydrogens is 318 g/mol. The number of rotatable bonds is 3. The number of hydrogen-bond acceptors (Lipinski definition) is 1. The second kappa shape index (κ2) is 6.64. The van der Waals surface area contributed by atoms with Crippen molar-refractivity contribution >= 4 is 17.6 Å². The van der Waals surface area contributed by atoms with Crippen LogP contribution in [0.5, 0.6) is 0 Å². The van der Waals surface area contributed by atoms with Gasteiger partial charge in [-0.25, -0.2) is 0 Å². The van der Waals surface area contributed by atoms with Crippen molar-refractivity contribution in [2.24, 2.45) is 0 Å². The number of amides is 1. The molecule has 0 atom stereocenters. The Kier molecular flexibility index (Phi) is 4.18. The summed E-state index contributed by atoms with van der Waals surface area (Å²) in [4.78, 5) is 12.1. The number of carbonyl (C=O) groups is 1. The molecule has 0 aliphatic heterocycles. The largest absolute Gasteiger partial charge is 0.350 e. The standard InChI is InChI=1S/C24H21NO/c1-16(2)25-24(26)18-13-11-17(12-14-18)15-23-21-9-5-3-7-19(21)20-8-4-6-10-22(20)23/h3-16H,1-2H3,(H,25,26). The Labute approximate surface area is 154 Å². The zero-order chi connectivity index (χ0) is 18.1. The van der Waals surface area contributed by atoms with Gasteiger partial charge in [0, 0.05) is 11.6 Å². The fourth-order valence-corrected chi connectivity index (χ4v) is 3.45. The van der Waals surface area contributed by atoms with Crippen molar-refractivity contribution in [2.75, 3.05) is 0 Å². The fourth-order valence-electron chi connectivity index (χ4n) is 3.45. The van der Waals surface area contributed by atoms with Gasteiger partial charge in [-0.1, -0.05) is 60.7 Å². The number of fused-ring (bicyclic) bond motifs is 3. The Morgan fingerprint density at radius 3 is 1.77 bits per heavy atom. The Balaban J connectivity index is 1.72. The van der Waals surface area contributed by atoms with E-state index in [1.165, 1.54) is 27.8 Å². The summed E-state index contributed by atoms with van der Waals surface area (Å²) < 4.78 is 0. The summed E-state index contributed by atoms with van der Waals surface area (Å²) in [5.41, 5.74) is 8.09. The van der Waals surface area contributed by atoms with E-state index in [-0.39, 0.29) is 11.9 Å². The molecule has 0 fully saturated rings. The molecule has 1 N–H and O–H groups in total. The first-order valence-corrected chi connectivity index (χ1v) is 8.95. The minimum atomic E-state index is -0.0317. The fraction of sp³-hybridized carbons (Fsp3) is 0.125. The predicted molar refractivity (Wildman–Crippen MR) is 108 cm³/mol. The van der Waals surface area contributed by atoms with Gasteiger partial charge in [0.2, 0.25) is 0 Å². The second-order valence-corrected chi connectivity index (χ2v) is 6.90. The summed E-state index contributed by atoms with van der Waals surface area (Å²) in [6.07, 6.45) is 2.20. The lowest BCUT2D eigenvalue weighted by Gasteiger charge is -2.08. The van der Waals surface area contributed by atoms with Crippen LogP contribution < -0.4 is 5.32 Å². The Morgan fingerprint density at radius 2 is 1.27 bits per heavy atom. The van der Waals surface area contributed by atoms with Crippen LogP contribution >= 0.6 is 0 Å². The molecule has 3 aromatic rings. The minimum absolute atomic E-state index is 0.0317. The van der Waals surface area contributed by atoms with Gasteiger partial charge < -0.3 is 5.32 Å². The van der Waals surface area contributed by atoms with E-state index in [9.17, 15) is 4.79 Å². The van der Waals surface area contributed by atoms with Gasteiger partial charge in [0.1, 0.15) is 0 Å². The lowest BCUT2D eigenvalue weighted by Crippen LogP contribution is -2.29. The van der Waals surface area contributed by atoms with E-state index in [4.69, 9.17) is 0 Å². The van der Waals surface area contributed by atoms with Crippen molar-refractivity contribution in [3.8, 4) is 11.1 Å². The van der Waals surface area contributed by atoms with Gasteiger partial charge in [-0.05, 0) is 65.4 Å². The van der Waals surface area contributed by atoms with Crippen molar-refractivity contribution in [1.82, 2.24) is 5.32 Å². The maximum atomic E-state index is 12.1. The molecule has 26 heavy (non-hydrogen) atoms. The SMILES string of the molecule is CC(C)NC(=O)c1ccc(C=C2c3ccccc3-c3ccccc32)cc1. The zero-order valence-electron chi connectivity index (χ0n) is 15.0. The third-order valence-electron chi connectivity index (χ3n) is 4.63. The minimum Gasteiger partial charge on any atom is -0.350 e. The topological polar surface area (TPSA) is 29.1 Å². The first kappa shape index (κ1) is 16.3. The third-order valence-corrected chi connectivity index (χ3v) is 4.63. The maximum Gasteiger partial charge on any atom is 0.251 e. The molecule has 1 amide bonds. The molecule has 0 bridgehead atoms. The molecule has 1 aliphatic carbocycles. The van der Waals surface area contributed by atoms with Crippen LogP contribution in [0.25, 0.3) is 22.8 Å². The molecule has 0 saturated carbocycles. The first-order chi connectivity index (χ1) is 12.6. The van der Waals surface area contributed by atoms with E-state index in [1.807, 2.05) is 38.1 Å². The van der Waals surface area contributed by atoms with E-state index in [2.05, 4.69) is 59.9 Å². The van der Waals surface area contributed by atoms with Crippen molar-refractivity contribution in [3.63, 3.8) is 0 Å². The lowest BCUT2D eigenvalue weighted by molar-refractivity contribution is 0.0943. The van der Waals surface area contributed by atoms with Gasteiger partial charge in [0.15, 0.2) is 0 Å². The number of benzene rings is 3. The van der Waals surface area contributed by atoms with Crippen molar-refractivity contribution < 1.29 is 4.79 Å². The average Bonchev–Trinajstić information content (AvgIpc) is 2.96. The van der Waals surface area contributed by atoms with Gasteiger partial charge in [0.05, 0.1) is 0 Å². The van der Waals surface area contributed by atoms with Crippen LogP contribution in [-0.4, -0.2) is 11.9 Å². The molecule has 2 heteroatoms. The highest BCUT2D eigenvalue weighted by molar-refractivity contribution is 6.06. The highest BCUT2D eigenvalue weighted by Gasteiger charge is 2.22. The maximum absolute atomic E-state index is 12.1. The van der Waals surface area contributed by atoms with Gasteiger partial charge in [-0.3, -0.25) is 4.79 Å². The molecule has 4 rings (SSSR count). The summed E-state index contributed by atoms with van der Waals surface area (Å²) >= 11 is 0. The summed E-state index contributed by atoms with van der Waals surface area (Å²) in [7, 11) is 0. The molecular formula is C24H21NO. The molecule has 1 aliphatic rings. The Hall–Kier alpha value is -3.13. The molecule has 0 spiro atoms. The molecule has 0 radical (unpaired) electrons. The number of carbonyl (C=O) groups excluding carboxylic acids is 1. The summed E-state index contributed by atoms with van der Waals surface area (Å²) in [6.45, 7) is 3.93. The molecule has 128 valence electrons. The molecule has 2 nitrogen and oxygen atoms in total. The highest BCUT2D eigenvalue weighted by Crippen LogP contribution is 2.44. The highest BCUT2D eigenvalue weighted by atomic mass is 16.1. The number of nitrogens with one attached hydrogen (secondary N) is 1. The van der Waals surface area contributed by atoms with Gasteiger partial charge in [-0.15, -0.1) is 0 Å². The van der Waals surface area contributed by atoms with Crippen LogP contribution in [0, 0.1) is 0 Å². The van der Waals surface area contributed by atoms with E-state index < -0.39 is 0 Å². The van der Waals surface area contributed by atoms with Gasteiger partial charge in [-0.2, -0.15) is 0 Å². The van der Waals surface area contributed by atoms with E-state index in [1.54, 1.807) is 0 Å². The van der Waals surface area contributed by atoms with Crippen LogP contribution in [-0.2, 0) is 0 Å². The summed E-state index contributed by atoms with van der Waals surface area (Å²) in [5.74, 6) is -0.0317. The van der Waals surface area contributed by atoms with Crippen LogP contribution in [0.4, 0.5) is 0 Å². The Morgan fingerprint density at radius 1 is 0.769 bits per heavy atom. The Bertz CT molecular complexity index is 949. The van der Waals surface area contributed by atoms with Gasteiger partial charge in [0.25, 0.3) is 5.91 Å². The summed E-state index contributed by atoms with van der Waals surface area (Å²) in [6, 6.07) is 24.9. The molecule has 3 aromatic carbocycles. The monoisotopic (exact) mass is 339 g/mol. The molecule has 0 aromatic heterocycles. The zero-order valence-corrected chi connectivity index (χ0v) is 15.0. The number of hydrogen-bond donors (Lipinski definition) is 1. The van der Waals surface area contributed by atoms with E-state index in [0.717, 1.165) is 5.56 Å². The van der Waals surface area contributed by atoms with Gasteiger partial charge >= 0.3 is 0 Å². The van der Waals surface area contributed by atoms with Crippen LogP contribution in [0.1, 0.15) is 40.9 Å². The predicted octanol–water partition coefficient (Wildman–Crippen LogP) is 5.39. The lowest BCUT2D eigenvalue weighted by atomic mass is 10.0. The normalized spacial score (nSPS) is 11.9. The molecule has 0 unspecified atom stereocenters. The third kappa shape index (κ3) is 2.95. The van der Waals surface area contributed by atoms with Crippen LogP contribution in [0.3, 0.4) is 0 Å². The smallest absolute Gasteiger partial charge is 0.251 e. The van der Waals surface area contributed by atoms with Crippen molar-refractivity contribution in [3.05, 3.63) is 95.1 Å². The van der Waals surface area contributed by atoms with Crippen LogP contribution in [0.2, 0.25) is 0 Å². The molecule has 0 saturated heterocycles. The van der Waals surface area contributed by atoms with Crippen molar-refractivity contribution in [2.45, 2.75) is 19.9 Å². The quantitative estimate of drug-likeness (QED) is 0.532. The van der Waals surface area contributed by atoms with Crippen LogP contribution in [0.15, 0.2) is 72.8 Å². The first-order valence-electron chi connectivity index (χ1n) is 8.95. The molecule has 0 heterocycles. The average molecular weight is 339 g/mol. The van der Waals surface area contributed by atoms with E-state index in [0.29, 0.717) is 5.56 Å².